The highest BCUT2D eigenvalue weighted by Gasteiger charge is 2.34. The largest absolute Gasteiger partial charge is 0.356 e. The molecule has 0 atom stereocenters. The molecule has 1 aromatic heterocycles. The average Bonchev–Trinajstić information content (AvgIpc) is 2.44. The lowest BCUT2D eigenvalue weighted by atomic mass is 10.2. The molecule has 0 aliphatic rings. The van der Waals surface area contributed by atoms with Crippen LogP contribution in [0.15, 0.2) is 24.3 Å². The second kappa shape index (κ2) is 7.03. The van der Waals surface area contributed by atoms with Crippen molar-refractivity contribution in [2.45, 2.75) is 7.59 Å². The van der Waals surface area contributed by atoms with Crippen molar-refractivity contribution in [3.8, 4) is 11.4 Å². The van der Waals surface area contributed by atoms with E-state index in [2.05, 4.69) is 15.0 Å². The smallest absolute Gasteiger partial charge is 0.321 e. The van der Waals surface area contributed by atoms with Crippen molar-refractivity contribution in [3.63, 3.8) is 0 Å². The maximum Gasteiger partial charge on any atom is 0.356 e. The lowest BCUT2D eigenvalue weighted by Crippen LogP contribution is -2.17. The van der Waals surface area contributed by atoms with Gasteiger partial charge in [-0.2, -0.15) is 0 Å². The first kappa shape index (κ1) is 20.4. The first-order valence-corrected chi connectivity index (χ1v) is 9.73. The van der Waals surface area contributed by atoms with Crippen LogP contribution in [0, 0.1) is 0 Å². The van der Waals surface area contributed by atoms with E-state index in [-0.39, 0.29) is 28.3 Å². The van der Waals surface area contributed by atoms with Crippen LogP contribution in [0.25, 0.3) is 11.4 Å². The first-order valence-electron chi connectivity index (χ1n) is 5.85. The fourth-order valence-corrected chi connectivity index (χ4v) is 2.68. The Kier molecular flexibility index (Phi) is 5.98. The van der Waals surface area contributed by atoms with Crippen molar-refractivity contribution in [2.24, 2.45) is 0 Å². The molecule has 0 aliphatic carbocycles. The molecule has 6 nitrogen and oxygen atoms in total. The number of hydrogen-bond donors (Lipinski definition) is 2. The van der Waals surface area contributed by atoms with Gasteiger partial charge in [0.05, 0.1) is 5.30 Å². The summed E-state index contributed by atoms with van der Waals surface area (Å²) in [7, 11) is -4.48. The molecule has 0 saturated carbocycles. The van der Waals surface area contributed by atoms with Gasteiger partial charge in [0, 0.05) is 5.56 Å². The van der Waals surface area contributed by atoms with Crippen LogP contribution in [-0.4, -0.2) is 24.7 Å². The first-order chi connectivity index (χ1) is 10.8. The van der Waals surface area contributed by atoms with Crippen LogP contribution in [0.5, 0.6) is 0 Å². The normalized spacial score (nSPS) is 13.2. The minimum Gasteiger partial charge on any atom is -0.321 e. The Balaban J connectivity index is 2.68. The zero-order chi connectivity index (χ0) is 18.3. The summed E-state index contributed by atoms with van der Waals surface area (Å²) in [4.78, 5) is 30.3. The van der Waals surface area contributed by atoms with Gasteiger partial charge < -0.3 is 9.79 Å². The Hall–Kier alpha value is 0.120. The van der Waals surface area contributed by atoms with Gasteiger partial charge in [0.15, 0.2) is 17.5 Å². The second-order valence-corrected chi connectivity index (χ2v) is 10.6. The summed E-state index contributed by atoms with van der Waals surface area (Å²) in [6.45, 7) is 0. The van der Waals surface area contributed by atoms with Crippen LogP contribution in [0.1, 0.15) is 11.6 Å². The quantitative estimate of drug-likeness (QED) is 0.508. The molecule has 0 saturated heterocycles. The van der Waals surface area contributed by atoms with Crippen molar-refractivity contribution in [1.82, 2.24) is 15.0 Å². The fourth-order valence-electron chi connectivity index (χ4n) is 1.58. The number of halogens is 6. The van der Waals surface area contributed by atoms with E-state index in [1.54, 1.807) is 0 Å². The summed E-state index contributed by atoms with van der Waals surface area (Å²) in [5.41, 5.74) is 0.212. The number of alkyl halides is 6. The monoisotopic (exact) mass is 469 g/mol. The van der Waals surface area contributed by atoms with Gasteiger partial charge >= 0.3 is 7.60 Å². The summed E-state index contributed by atoms with van der Waals surface area (Å²) >= 11 is 34.6. The topological polar surface area (TPSA) is 96.2 Å². The maximum atomic E-state index is 11.4. The van der Waals surface area contributed by atoms with Crippen LogP contribution < -0.4 is 5.30 Å². The predicted molar refractivity (Wildman–Crippen MR) is 95.4 cm³/mol. The van der Waals surface area contributed by atoms with Gasteiger partial charge in [0.1, 0.15) is 0 Å². The Labute approximate surface area is 166 Å². The van der Waals surface area contributed by atoms with Gasteiger partial charge in [-0.1, -0.05) is 81.7 Å². The minimum absolute atomic E-state index is 0.0806. The van der Waals surface area contributed by atoms with Crippen molar-refractivity contribution in [2.75, 3.05) is 0 Å². The molecule has 1 heterocycles. The molecule has 0 aliphatic heterocycles. The molecule has 2 N–H and O–H groups in total. The third-order valence-electron chi connectivity index (χ3n) is 2.58. The number of rotatable bonds is 2. The molecule has 13 heteroatoms. The van der Waals surface area contributed by atoms with Gasteiger partial charge in [0.25, 0.3) is 0 Å². The lowest BCUT2D eigenvalue weighted by Gasteiger charge is -2.16. The van der Waals surface area contributed by atoms with Crippen LogP contribution in [0.4, 0.5) is 0 Å². The van der Waals surface area contributed by atoms with E-state index in [0.29, 0.717) is 0 Å². The van der Waals surface area contributed by atoms with Gasteiger partial charge in [-0.05, 0) is 12.1 Å². The van der Waals surface area contributed by atoms with Crippen LogP contribution >= 0.6 is 77.2 Å². The van der Waals surface area contributed by atoms with Gasteiger partial charge in [0.2, 0.25) is 7.59 Å². The highest BCUT2D eigenvalue weighted by molar-refractivity contribution is 7.60. The molecule has 2 rings (SSSR count). The summed E-state index contributed by atoms with van der Waals surface area (Å²) in [5.74, 6) is -0.691. The van der Waals surface area contributed by atoms with E-state index in [1.807, 2.05) is 0 Å². The van der Waals surface area contributed by atoms with E-state index in [1.165, 1.54) is 24.3 Å². The molecule has 0 bridgehead atoms. The molecule has 0 spiro atoms. The molecular weight excluding hydrogens is 466 g/mol. The summed E-state index contributed by atoms with van der Waals surface area (Å²) in [6.07, 6.45) is 0. The van der Waals surface area contributed by atoms with Crippen LogP contribution in [-0.2, 0) is 12.2 Å². The molecule has 0 fully saturated rings. The molecule has 2 aromatic rings. The highest BCUT2D eigenvalue weighted by Crippen LogP contribution is 2.41. The van der Waals surface area contributed by atoms with Crippen LogP contribution in [0.3, 0.4) is 0 Å². The SMILES string of the molecule is O=P(O)(O)c1cccc(-c2nc(C(Cl)(Cl)Cl)nc(C(Cl)(Cl)Cl)n2)c1. The number of nitrogens with zero attached hydrogens (tertiary/aromatic N) is 3. The summed E-state index contributed by atoms with van der Waals surface area (Å²) in [6, 6.07) is 5.31. The van der Waals surface area contributed by atoms with E-state index in [0.717, 1.165) is 0 Å². The molecule has 1 aromatic carbocycles. The molecule has 130 valence electrons. The minimum atomic E-state index is -4.48. The van der Waals surface area contributed by atoms with Gasteiger partial charge in [-0.3, -0.25) is 4.57 Å². The molecule has 0 radical (unpaired) electrons. The second-order valence-electron chi connectivity index (χ2n) is 4.40. The van der Waals surface area contributed by atoms with E-state index in [9.17, 15) is 14.4 Å². The van der Waals surface area contributed by atoms with Crippen LogP contribution in [0.2, 0.25) is 0 Å². The molecule has 0 amide bonds. The molecular formula is C11H6Cl6N3O3P. The van der Waals surface area contributed by atoms with Crippen molar-refractivity contribution in [1.29, 1.82) is 0 Å². The molecule has 24 heavy (non-hydrogen) atoms. The standard InChI is InChI=1S/C11H6Cl6N3O3P/c12-10(13,14)8-18-7(19-9(20-8)11(15,16)17)5-2-1-3-6(4-5)24(21,22)23/h1-4H,(H2,21,22,23). The average molecular weight is 472 g/mol. The van der Waals surface area contributed by atoms with Crippen molar-refractivity contribution < 1.29 is 14.4 Å². The van der Waals surface area contributed by atoms with E-state index >= 15 is 0 Å². The molecule has 0 unspecified atom stereocenters. The van der Waals surface area contributed by atoms with E-state index < -0.39 is 15.2 Å². The Morgan fingerprint density at radius 2 is 1.38 bits per heavy atom. The van der Waals surface area contributed by atoms with E-state index in [4.69, 9.17) is 69.6 Å². The third-order valence-corrected chi connectivity index (χ3v) is 4.55. The fraction of sp³-hybridized carbons (Fsp3) is 0.182. The lowest BCUT2D eigenvalue weighted by molar-refractivity contribution is 0.387. The van der Waals surface area contributed by atoms with Gasteiger partial charge in [-0.25, -0.2) is 15.0 Å². The van der Waals surface area contributed by atoms with Crippen molar-refractivity contribution >= 4 is 82.5 Å². The zero-order valence-corrected chi connectivity index (χ0v) is 16.6. The Morgan fingerprint density at radius 3 is 1.79 bits per heavy atom. The highest BCUT2D eigenvalue weighted by atomic mass is 35.6. The summed E-state index contributed by atoms with van der Waals surface area (Å²) < 4.78 is 7.33. The van der Waals surface area contributed by atoms with Gasteiger partial charge in [-0.15, -0.1) is 0 Å². The third kappa shape index (κ3) is 5.07. The predicted octanol–water partition coefficient (Wildman–Crippen LogP) is 4.00. The zero-order valence-electron chi connectivity index (χ0n) is 11.2. The number of aromatic nitrogens is 3. The number of hydrogen-bond acceptors (Lipinski definition) is 4. The Morgan fingerprint density at radius 1 is 0.875 bits per heavy atom. The van der Waals surface area contributed by atoms with Crippen molar-refractivity contribution in [3.05, 3.63) is 35.9 Å². The summed E-state index contributed by atoms with van der Waals surface area (Å²) in [5, 5.41) is -0.244. The Bertz CT molecular complexity index is 785. The maximum absolute atomic E-state index is 11.4. The number of benzene rings is 1.